The summed E-state index contributed by atoms with van der Waals surface area (Å²) in [6.07, 6.45) is 1.13. The number of hydrogen-bond acceptors (Lipinski definition) is 3. The lowest BCUT2D eigenvalue weighted by molar-refractivity contribution is -0.147. The Hall–Kier alpha value is -1.24. The number of aliphatic carboxylic acids is 1. The van der Waals surface area contributed by atoms with Gasteiger partial charge in [0.25, 0.3) is 5.91 Å². The molecule has 1 heterocycles. The summed E-state index contributed by atoms with van der Waals surface area (Å²) in [4.78, 5) is 22.1. The van der Waals surface area contributed by atoms with E-state index in [0.717, 1.165) is 0 Å². The topological polar surface area (TPSA) is 75.6 Å². The van der Waals surface area contributed by atoms with Crippen LogP contribution in [0.5, 0.6) is 0 Å². The molecule has 0 bridgehead atoms. The molecule has 1 unspecified atom stereocenters. The Bertz CT molecular complexity index is 311. The summed E-state index contributed by atoms with van der Waals surface area (Å²) in [5.41, 5.74) is 0. The number of nitrogens with one attached hydrogen (secondary N) is 1. The lowest BCUT2D eigenvalue weighted by Gasteiger charge is -2.27. The molecule has 1 fully saturated rings. The molecule has 1 saturated heterocycles. The first-order chi connectivity index (χ1) is 8.32. The van der Waals surface area contributed by atoms with Crippen LogP contribution >= 0.6 is 0 Å². The third kappa shape index (κ3) is 4.21. The maximum Gasteiger partial charge on any atom is 0.321 e. The second-order valence-corrected chi connectivity index (χ2v) is 4.49. The summed E-state index contributed by atoms with van der Waals surface area (Å²) in [5.74, 6) is -7.01. The smallest absolute Gasteiger partial charge is 0.321 e. The van der Waals surface area contributed by atoms with Gasteiger partial charge in [-0.05, 0) is 18.8 Å². The minimum Gasteiger partial charge on any atom is -0.481 e. The minimum absolute atomic E-state index is 0.151. The summed E-state index contributed by atoms with van der Waals surface area (Å²) in [6, 6.07) is 0. The van der Waals surface area contributed by atoms with Gasteiger partial charge in [-0.2, -0.15) is 8.78 Å². The second-order valence-electron chi connectivity index (χ2n) is 4.49. The number of ether oxygens (including phenoxy) is 1. The predicted molar refractivity (Wildman–Crippen MR) is 58.3 cm³/mol. The van der Waals surface area contributed by atoms with Crippen LogP contribution in [0.3, 0.4) is 0 Å². The van der Waals surface area contributed by atoms with Crippen LogP contribution in [-0.4, -0.2) is 42.7 Å². The number of carbonyl (C=O) groups is 2. The van der Waals surface area contributed by atoms with E-state index in [1.165, 1.54) is 0 Å². The molecular weight excluding hydrogens is 248 g/mol. The van der Waals surface area contributed by atoms with Gasteiger partial charge in [0.05, 0.1) is 5.92 Å². The Morgan fingerprint density at radius 1 is 1.44 bits per heavy atom. The Morgan fingerprint density at radius 3 is 2.44 bits per heavy atom. The third-order valence-electron chi connectivity index (χ3n) is 3.03. The molecule has 1 atom stereocenters. The van der Waals surface area contributed by atoms with E-state index in [-0.39, 0.29) is 12.5 Å². The zero-order valence-electron chi connectivity index (χ0n) is 10.1. The van der Waals surface area contributed by atoms with Gasteiger partial charge in [-0.15, -0.1) is 0 Å². The molecule has 0 aromatic rings. The number of hydrogen-bond donors (Lipinski definition) is 2. The molecule has 0 saturated carbocycles. The van der Waals surface area contributed by atoms with Gasteiger partial charge in [0.2, 0.25) is 0 Å². The fourth-order valence-corrected chi connectivity index (χ4v) is 1.93. The number of rotatable bonds is 5. The fourth-order valence-electron chi connectivity index (χ4n) is 1.93. The van der Waals surface area contributed by atoms with Crippen molar-refractivity contribution < 1.29 is 28.2 Å². The zero-order valence-corrected chi connectivity index (χ0v) is 10.1. The van der Waals surface area contributed by atoms with E-state index >= 15 is 0 Å². The number of carboxylic acids is 1. The van der Waals surface area contributed by atoms with Crippen LogP contribution in [0, 0.1) is 11.8 Å². The Labute approximate surface area is 103 Å². The number of carboxylic acid groups (broad SMARTS) is 1. The molecule has 1 amide bonds. The van der Waals surface area contributed by atoms with Crippen LogP contribution in [-0.2, 0) is 14.3 Å². The van der Waals surface area contributed by atoms with Gasteiger partial charge in [-0.3, -0.25) is 9.59 Å². The first-order valence-corrected chi connectivity index (χ1v) is 5.79. The van der Waals surface area contributed by atoms with Crippen LogP contribution in [0.4, 0.5) is 8.78 Å². The fraction of sp³-hybridized carbons (Fsp3) is 0.818. The molecule has 18 heavy (non-hydrogen) atoms. The molecule has 1 aliphatic rings. The Morgan fingerprint density at radius 2 is 2.00 bits per heavy atom. The highest BCUT2D eigenvalue weighted by Gasteiger charge is 2.35. The van der Waals surface area contributed by atoms with E-state index in [1.807, 2.05) is 5.32 Å². The van der Waals surface area contributed by atoms with Crippen molar-refractivity contribution in [2.75, 3.05) is 19.8 Å². The van der Waals surface area contributed by atoms with Gasteiger partial charge in [0.1, 0.15) is 0 Å². The summed E-state index contributed by atoms with van der Waals surface area (Å²) >= 11 is 0. The van der Waals surface area contributed by atoms with Crippen molar-refractivity contribution in [3.63, 3.8) is 0 Å². The van der Waals surface area contributed by atoms with E-state index in [1.54, 1.807) is 0 Å². The zero-order chi connectivity index (χ0) is 13.8. The van der Waals surface area contributed by atoms with Crippen molar-refractivity contribution in [3.05, 3.63) is 0 Å². The summed E-state index contributed by atoms with van der Waals surface area (Å²) in [7, 11) is 0. The van der Waals surface area contributed by atoms with Gasteiger partial charge in [0, 0.05) is 26.7 Å². The van der Waals surface area contributed by atoms with E-state index in [4.69, 9.17) is 9.84 Å². The average molecular weight is 265 g/mol. The van der Waals surface area contributed by atoms with Crippen molar-refractivity contribution in [2.45, 2.75) is 25.7 Å². The SMILES string of the molecule is CC(F)(F)C(=O)NCC(C(=O)O)C1CCOCC1. The molecule has 0 radical (unpaired) electrons. The quantitative estimate of drug-likeness (QED) is 0.774. The third-order valence-corrected chi connectivity index (χ3v) is 3.03. The molecule has 104 valence electrons. The van der Waals surface area contributed by atoms with Crippen LogP contribution in [0.15, 0.2) is 0 Å². The number of alkyl halides is 2. The largest absolute Gasteiger partial charge is 0.481 e. The maximum atomic E-state index is 12.6. The summed E-state index contributed by atoms with van der Waals surface area (Å²) < 4.78 is 30.4. The van der Waals surface area contributed by atoms with E-state index in [0.29, 0.717) is 33.0 Å². The highest BCUT2D eigenvalue weighted by Crippen LogP contribution is 2.24. The number of halogens is 2. The van der Waals surface area contributed by atoms with Gasteiger partial charge in [-0.1, -0.05) is 0 Å². The van der Waals surface area contributed by atoms with Crippen molar-refractivity contribution in [2.24, 2.45) is 11.8 Å². The average Bonchev–Trinajstić information content (AvgIpc) is 2.28. The number of carbonyl (C=O) groups excluding carboxylic acids is 1. The molecule has 0 aromatic heterocycles. The molecule has 2 N–H and O–H groups in total. The predicted octanol–water partition coefficient (Wildman–Crippen LogP) is 0.885. The van der Waals surface area contributed by atoms with Crippen molar-refractivity contribution in [1.29, 1.82) is 0 Å². The Kier molecular flexibility index (Phi) is 5.01. The number of amides is 1. The molecule has 0 aliphatic carbocycles. The van der Waals surface area contributed by atoms with Crippen LogP contribution in [0.25, 0.3) is 0 Å². The first kappa shape index (κ1) is 14.8. The van der Waals surface area contributed by atoms with Crippen LogP contribution in [0.2, 0.25) is 0 Å². The maximum absolute atomic E-state index is 12.6. The summed E-state index contributed by atoms with van der Waals surface area (Å²) in [6.45, 7) is 1.13. The molecule has 5 nitrogen and oxygen atoms in total. The molecule has 1 aliphatic heterocycles. The standard InChI is InChI=1S/C11H17F2NO4/c1-11(12,13)10(17)14-6-8(9(15)16)7-2-4-18-5-3-7/h7-8H,2-6H2,1H3,(H,14,17)(H,15,16). The van der Waals surface area contributed by atoms with Crippen molar-refractivity contribution in [3.8, 4) is 0 Å². The first-order valence-electron chi connectivity index (χ1n) is 5.79. The highest BCUT2D eigenvalue weighted by molar-refractivity contribution is 5.83. The molecule has 7 heteroatoms. The second kappa shape index (κ2) is 6.08. The van der Waals surface area contributed by atoms with Crippen LogP contribution in [0.1, 0.15) is 19.8 Å². The Balaban J connectivity index is 2.53. The molecule has 0 spiro atoms. The molecular formula is C11H17F2NO4. The normalized spacial score (nSPS) is 19.3. The lowest BCUT2D eigenvalue weighted by atomic mass is 9.86. The molecule has 1 rings (SSSR count). The van der Waals surface area contributed by atoms with E-state index in [9.17, 15) is 18.4 Å². The minimum atomic E-state index is -3.49. The van der Waals surface area contributed by atoms with Gasteiger partial charge < -0.3 is 15.2 Å². The monoisotopic (exact) mass is 265 g/mol. The van der Waals surface area contributed by atoms with Crippen molar-refractivity contribution in [1.82, 2.24) is 5.32 Å². The van der Waals surface area contributed by atoms with E-state index in [2.05, 4.69) is 0 Å². The van der Waals surface area contributed by atoms with Gasteiger partial charge in [-0.25, -0.2) is 0 Å². The van der Waals surface area contributed by atoms with E-state index < -0.39 is 23.7 Å². The van der Waals surface area contributed by atoms with Crippen molar-refractivity contribution >= 4 is 11.9 Å². The lowest BCUT2D eigenvalue weighted by Crippen LogP contribution is -2.44. The highest BCUT2D eigenvalue weighted by atomic mass is 19.3. The van der Waals surface area contributed by atoms with Gasteiger partial charge in [0.15, 0.2) is 0 Å². The van der Waals surface area contributed by atoms with Gasteiger partial charge >= 0.3 is 11.9 Å². The summed E-state index contributed by atoms with van der Waals surface area (Å²) in [5, 5.41) is 11.1. The van der Waals surface area contributed by atoms with Crippen LogP contribution < -0.4 is 5.32 Å². The molecule has 0 aromatic carbocycles.